The molecule has 0 aromatic carbocycles. The lowest BCUT2D eigenvalue weighted by molar-refractivity contribution is -0.205. The summed E-state index contributed by atoms with van der Waals surface area (Å²) in [6.45, 7) is 0. The molecule has 4 heteroatoms. The van der Waals surface area contributed by atoms with Gasteiger partial charge < -0.3 is 5.11 Å². The second kappa shape index (κ2) is 6.47. The normalized spacial score (nSPS) is 31.9. The van der Waals surface area contributed by atoms with Crippen LogP contribution in [0.3, 0.4) is 0 Å². The number of hydrogen-bond donors (Lipinski definition) is 1. The van der Waals surface area contributed by atoms with Gasteiger partial charge in [0.2, 0.25) is 0 Å². The van der Waals surface area contributed by atoms with Gasteiger partial charge in [0.1, 0.15) is 6.10 Å². The van der Waals surface area contributed by atoms with Crippen molar-refractivity contribution in [1.82, 2.24) is 0 Å². The minimum absolute atomic E-state index is 0.141. The van der Waals surface area contributed by atoms with Gasteiger partial charge in [-0.2, -0.15) is 13.2 Å². The largest absolute Gasteiger partial charge is 0.414 e. The number of aliphatic hydroxyl groups excluding tert-OH is 1. The molecule has 0 aliphatic heterocycles. The highest BCUT2D eigenvalue weighted by Gasteiger charge is 2.39. The van der Waals surface area contributed by atoms with Gasteiger partial charge in [-0.1, -0.05) is 38.5 Å². The van der Waals surface area contributed by atoms with Crippen molar-refractivity contribution < 1.29 is 18.3 Å². The summed E-state index contributed by atoms with van der Waals surface area (Å²) >= 11 is 0. The Morgan fingerprint density at radius 2 is 1.74 bits per heavy atom. The topological polar surface area (TPSA) is 20.2 Å². The minimum Gasteiger partial charge on any atom is -0.384 e. The monoisotopic (exact) mass is 278 g/mol. The second-order valence-electron chi connectivity index (χ2n) is 6.48. The molecule has 0 heterocycles. The van der Waals surface area contributed by atoms with Gasteiger partial charge in [0.25, 0.3) is 0 Å². The fourth-order valence-electron chi connectivity index (χ4n) is 3.99. The molecule has 2 rings (SSSR count). The van der Waals surface area contributed by atoms with Crippen LogP contribution in [0, 0.1) is 17.8 Å². The van der Waals surface area contributed by atoms with E-state index in [0.717, 1.165) is 37.0 Å². The first-order chi connectivity index (χ1) is 8.97. The van der Waals surface area contributed by atoms with Crippen molar-refractivity contribution in [2.45, 2.75) is 76.5 Å². The summed E-state index contributed by atoms with van der Waals surface area (Å²) in [5.41, 5.74) is 0. The zero-order valence-electron chi connectivity index (χ0n) is 11.5. The molecule has 0 aromatic heterocycles. The zero-order chi connectivity index (χ0) is 13.9. The second-order valence-corrected chi connectivity index (χ2v) is 6.48. The zero-order valence-corrected chi connectivity index (χ0v) is 11.5. The fourth-order valence-corrected chi connectivity index (χ4v) is 3.99. The average molecular weight is 278 g/mol. The lowest BCUT2D eigenvalue weighted by Gasteiger charge is -2.21. The van der Waals surface area contributed by atoms with Crippen LogP contribution in [0.15, 0.2) is 0 Å². The molecule has 4 unspecified atom stereocenters. The number of hydrogen-bond acceptors (Lipinski definition) is 1. The van der Waals surface area contributed by atoms with Crippen LogP contribution in [-0.4, -0.2) is 17.4 Å². The summed E-state index contributed by atoms with van der Waals surface area (Å²) in [4.78, 5) is 0. The average Bonchev–Trinajstić information content (AvgIpc) is 2.94. The predicted octanol–water partition coefficient (Wildman–Crippen LogP) is 4.69. The predicted molar refractivity (Wildman–Crippen MR) is 68.7 cm³/mol. The molecule has 1 nitrogen and oxygen atoms in total. The summed E-state index contributed by atoms with van der Waals surface area (Å²) in [7, 11) is 0. The third-order valence-corrected chi connectivity index (χ3v) is 5.06. The van der Waals surface area contributed by atoms with E-state index in [-0.39, 0.29) is 6.42 Å². The van der Waals surface area contributed by atoms with E-state index in [1.807, 2.05) is 0 Å². The molecule has 4 atom stereocenters. The molecule has 2 bridgehead atoms. The van der Waals surface area contributed by atoms with Crippen molar-refractivity contribution in [3.8, 4) is 0 Å². The lowest BCUT2D eigenvalue weighted by atomic mass is 9.85. The Morgan fingerprint density at radius 3 is 2.32 bits per heavy atom. The molecule has 0 aromatic rings. The quantitative estimate of drug-likeness (QED) is 0.670. The van der Waals surface area contributed by atoms with Crippen molar-refractivity contribution in [2.75, 3.05) is 0 Å². The SMILES string of the molecule is OC(CCCCCCC1CC2CCC1C2)C(F)(F)F. The van der Waals surface area contributed by atoms with Crippen LogP contribution in [0.2, 0.25) is 0 Å². The molecule has 2 fully saturated rings. The van der Waals surface area contributed by atoms with Crippen molar-refractivity contribution in [1.29, 1.82) is 0 Å². The molecule has 0 amide bonds. The van der Waals surface area contributed by atoms with E-state index in [9.17, 15) is 13.2 Å². The summed E-state index contributed by atoms with van der Waals surface area (Å²) in [6, 6.07) is 0. The molecule has 19 heavy (non-hydrogen) atoms. The minimum atomic E-state index is -4.44. The summed E-state index contributed by atoms with van der Waals surface area (Å²) in [5, 5.41) is 8.86. The van der Waals surface area contributed by atoms with Gasteiger partial charge in [0.05, 0.1) is 0 Å². The Balaban J connectivity index is 1.47. The van der Waals surface area contributed by atoms with Gasteiger partial charge in [-0.05, 0) is 43.4 Å². The molecule has 0 radical (unpaired) electrons. The van der Waals surface area contributed by atoms with Gasteiger partial charge in [0, 0.05) is 0 Å². The molecule has 2 aliphatic rings. The number of unbranched alkanes of at least 4 members (excludes halogenated alkanes) is 3. The highest BCUT2D eigenvalue weighted by molar-refractivity contribution is 4.89. The van der Waals surface area contributed by atoms with E-state index in [1.165, 1.54) is 32.1 Å². The first-order valence-corrected chi connectivity index (χ1v) is 7.71. The molecule has 112 valence electrons. The van der Waals surface area contributed by atoms with E-state index in [1.54, 1.807) is 0 Å². The molecule has 0 saturated heterocycles. The van der Waals surface area contributed by atoms with Crippen LogP contribution in [0.4, 0.5) is 13.2 Å². The maximum atomic E-state index is 12.1. The van der Waals surface area contributed by atoms with E-state index in [4.69, 9.17) is 5.11 Å². The summed E-state index contributed by atoms with van der Waals surface area (Å²) in [5.74, 6) is 2.84. The van der Waals surface area contributed by atoms with Crippen molar-refractivity contribution in [3.05, 3.63) is 0 Å². The number of alkyl halides is 3. The van der Waals surface area contributed by atoms with E-state index < -0.39 is 12.3 Å². The van der Waals surface area contributed by atoms with E-state index in [2.05, 4.69) is 0 Å². The molecular weight excluding hydrogens is 253 g/mol. The molecule has 2 aliphatic carbocycles. The smallest absolute Gasteiger partial charge is 0.384 e. The maximum Gasteiger partial charge on any atom is 0.414 e. The van der Waals surface area contributed by atoms with Crippen LogP contribution in [0.1, 0.15) is 64.2 Å². The van der Waals surface area contributed by atoms with Gasteiger partial charge in [-0.3, -0.25) is 0 Å². The molecular formula is C15H25F3O. The van der Waals surface area contributed by atoms with Crippen molar-refractivity contribution in [2.24, 2.45) is 17.8 Å². The van der Waals surface area contributed by atoms with Crippen molar-refractivity contribution in [3.63, 3.8) is 0 Å². The number of rotatable bonds is 7. The highest BCUT2D eigenvalue weighted by Crippen LogP contribution is 2.50. The fraction of sp³-hybridized carbons (Fsp3) is 1.00. The molecule has 2 saturated carbocycles. The highest BCUT2D eigenvalue weighted by atomic mass is 19.4. The lowest BCUT2D eigenvalue weighted by Crippen LogP contribution is -2.28. The Morgan fingerprint density at radius 1 is 1.00 bits per heavy atom. The van der Waals surface area contributed by atoms with Gasteiger partial charge in [0.15, 0.2) is 0 Å². The van der Waals surface area contributed by atoms with Crippen LogP contribution < -0.4 is 0 Å². The van der Waals surface area contributed by atoms with E-state index >= 15 is 0 Å². The Hall–Kier alpha value is -0.250. The number of halogens is 3. The third kappa shape index (κ3) is 4.37. The Bertz CT molecular complexity index is 277. The maximum absolute atomic E-state index is 12.1. The standard InChI is InChI=1S/C15H25F3O/c16-15(17,18)14(19)6-4-2-1-3-5-12-9-11-7-8-13(12)10-11/h11-14,19H,1-10H2. The summed E-state index contributed by atoms with van der Waals surface area (Å²) in [6.07, 6.45) is 3.69. The van der Waals surface area contributed by atoms with Crippen LogP contribution >= 0.6 is 0 Å². The third-order valence-electron chi connectivity index (χ3n) is 5.06. The first kappa shape index (κ1) is 15.1. The number of aliphatic hydroxyl groups is 1. The van der Waals surface area contributed by atoms with Crippen LogP contribution in [0.25, 0.3) is 0 Å². The molecule has 1 N–H and O–H groups in total. The van der Waals surface area contributed by atoms with Crippen LogP contribution in [-0.2, 0) is 0 Å². The van der Waals surface area contributed by atoms with Gasteiger partial charge in [-0.15, -0.1) is 0 Å². The van der Waals surface area contributed by atoms with E-state index in [0.29, 0.717) is 6.42 Å². The molecule has 0 spiro atoms. The number of fused-ring (bicyclic) bond motifs is 2. The van der Waals surface area contributed by atoms with Crippen molar-refractivity contribution >= 4 is 0 Å². The summed E-state index contributed by atoms with van der Waals surface area (Å²) < 4.78 is 36.2. The Labute approximate surface area is 113 Å². The van der Waals surface area contributed by atoms with Gasteiger partial charge in [-0.25, -0.2) is 0 Å². The first-order valence-electron chi connectivity index (χ1n) is 7.71. The Kier molecular flexibility index (Phi) is 5.15. The van der Waals surface area contributed by atoms with Crippen LogP contribution in [0.5, 0.6) is 0 Å². The van der Waals surface area contributed by atoms with Gasteiger partial charge >= 0.3 is 6.18 Å².